The van der Waals surface area contributed by atoms with Gasteiger partial charge in [0.2, 0.25) is 0 Å². The zero-order chi connectivity index (χ0) is 12.4. The first-order valence-electron chi connectivity index (χ1n) is 5.33. The van der Waals surface area contributed by atoms with Gasteiger partial charge in [-0.3, -0.25) is 0 Å². The van der Waals surface area contributed by atoms with Crippen LogP contribution in [0, 0.1) is 5.82 Å². The quantitative estimate of drug-likeness (QED) is 0.577. The third kappa shape index (κ3) is 6.30. The lowest BCUT2D eigenvalue weighted by atomic mass is 10.2. The van der Waals surface area contributed by atoms with Gasteiger partial charge in [0.1, 0.15) is 5.82 Å². The molecule has 0 aliphatic rings. The summed E-state index contributed by atoms with van der Waals surface area (Å²) in [5, 5.41) is 0.442. The van der Waals surface area contributed by atoms with Crippen molar-refractivity contribution in [1.29, 1.82) is 0 Å². The van der Waals surface area contributed by atoms with E-state index in [9.17, 15) is 4.39 Å². The van der Waals surface area contributed by atoms with E-state index in [1.165, 1.54) is 12.1 Å². The second-order valence-electron chi connectivity index (χ2n) is 2.64. The van der Waals surface area contributed by atoms with Crippen LogP contribution >= 0.6 is 12.2 Å². The average Bonchev–Trinajstić information content (AvgIpc) is 2.31. The molecule has 0 aromatic heterocycles. The fourth-order valence-corrected chi connectivity index (χ4v) is 1.11. The Morgan fingerprint density at radius 2 is 1.88 bits per heavy atom. The lowest BCUT2D eigenvalue weighted by Gasteiger charge is -1.98. The van der Waals surface area contributed by atoms with Crippen LogP contribution in [0.5, 0.6) is 0 Å². The number of rotatable bonds is 3. The Hall–Kier alpha value is -1.22. The molecule has 0 N–H and O–H groups in total. The van der Waals surface area contributed by atoms with Crippen molar-refractivity contribution in [3.8, 4) is 0 Å². The highest BCUT2D eigenvalue weighted by atomic mass is 32.1. The van der Waals surface area contributed by atoms with Crippen molar-refractivity contribution in [2.75, 3.05) is 6.61 Å². The van der Waals surface area contributed by atoms with Crippen LogP contribution in [0.1, 0.15) is 26.3 Å². The lowest BCUT2D eigenvalue weighted by Crippen LogP contribution is -1.95. The van der Waals surface area contributed by atoms with Gasteiger partial charge in [-0.15, -0.1) is 0 Å². The van der Waals surface area contributed by atoms with Gasteiger partial charge in [0.15, 0.2) is 5.05 Å². The Morgan fingerprint density at radius 3 is 2.38 bits per heavy atom. The summed E-state index contributed by atoms with van der Waals surface area (Å²) in [6.45, 7) is 6.44. The third-order valence-corrected chi connectivity index (χ3v) is 1.82. The zero-order valence-electron chi connectivity index (χ0n) is 9.87. The monoisotopic (exact) mass is 240 g/mol. The van der Waals surface area contributed by atoms with Gasteiger partial charge in [-0.2, -0.15) is 0 Å². The summed E-state index contributed by atoms with van der Waals surface area (Å²) in [7, 11) is 0. The van der Waals surface area contributed by atoms with E-state index in [1.54, 1.807) is 24.3 Å². The maximum atomic E-state index is 12.5. The van der Waals surface area contributed by atoms with Gasteiger partial charge in [-0.1, -0.05) is 32.1 Å². The van der Waals surface area contributed by atoms with Crippen LogP contribution in [0.2, 0.25) is 0 Å². The fourth-order valence-electron chi connectivity index (χ4n) is 0.929. The van der Waals surface area contributed by atoms with Crippen LogP contribution in [0.3, 0.4) is 0 Å². The fraction of sp³-hybridized carbons (Fsp3) is 0.308. The second kappa shape index (κ2) is 9.04. The summed E-state index contributed by atoms with van der Waals surface area (Å²) >= 11 is 4.89. The highest BCUT2D eigenvalue weighted by Gasteiger charge is 1.91. The molecule has 1 nitrogen and oxygen atoms in total. The van der Waals surface area contributed by atoms with E-state index < -0.39 is 0 Å². The van der Waals surface area contributed by atoms with Gasteiger partial charge in [-0.05, 0) is 42.9 Å². The molecular weight excluding hydrogens is 223 g/mol. The van der Waals surface area contributed by atoms with Crippen LogP contribution in [0.4, 0.5) is 4.39 Å². The van der Waals surface area contributed by atoms with Crippen LogP contribution in [0.15, 0.2) is 30.3 Å². The number of benzene rings is 1. The van der Waals surface area contributed by atoms with Crippen molar-refractivity contribution in [3.63, 3.8) is 0 Å². The Kier molecular flexibility index (Phi) is 8.35. The van der Waals surface area contributed by atoms with E-state index in [1.807, 2.05) is 20.8 Å². The predicted octanol–water partition coefficient (Wildman–Crippen LogP) is 4.23. The van der Waals surface area contributed by atoms with E-state index in [4.69, 9.17) is 17.0 Å². The SMILES string of the molecule is CC.CCOC(=S)C=Cc1ccc(F)cc1. The minimum Gasteiger partial charge on any atom is -0.484 e. The van der Waals surface area contributed by atoms with Gasteiger partial charge in [-0.25, -0.2) is 4.39 Å². The van der Waals surface area contributed by atoms with Crippen molar-refractivity contribution in [2.24, 2.45) is 0 Å². The Labute approximate surface area is 102 Å². The molecule has 0 bridgehead atoms. The third-order valence-electron chi connectivity index (χ3n) is 1.57. The first kappa shape index (κ1) is 14.8. The summed E-state index contributed by atoms with van der Waals surface area (Å²) in [5.74, 6) is -0.241. The van der Waals surface area contributed by atoms with Crippen LogP contribution in [-0.2, 0) is 4.74 Å². The molecule has 0 spiro atoms. The first-order valence-corrected chi connectivity index (χ1v) is 5.73. The molecule has 1 aromatic carbocycles. The van der Waals surface area contributed by atoms with Crippen LogP contribution in [0.25, 0.3) is 6.08 Å². The topological polar surface area (TPSA) is 9.23 Å². The van der Waals surface area contributed by atoms with Crippen LogP contribution in [-0.4, -0.2) is 11.7 Å². The van der Waals surface area contributed by atoms with E-state index in [2.05, 4.69) is 0 Å². The maximum absolute atomic E-state index is 12.5. The molecule has 0 aliphatic carbocycles. The molecule has 0 amide bonds. The van der Waals surface area contributed by atoms with Crippen molar-refractivity contribution in [3.05, 3.63) is 41.7 Å². The smallest absolute Gasteiger partial charge is 0.183 e. The van der Waals surface area contributed by atoms with Gasteiger partial charge in [0.25, 0.3) is 0 Å². The molecule has 0 unspecified atom stereocenters. The molecule has 0 fully saturated rings. The molecule has 88 valence electrons. The summed E-state index contributed by atoms with van der Waals surface area (Å²) < 4.78 is 17.6. The largest absolute Gasteiger partial charge is 0.484 e. The number of thiocarbonyl (C=S) groups is 1. The van der Waals surface area contributed by atoms with E-state index >= 15 is 0 Å². The summed E-state index contributed by atoms with van der Waals surface area (Å²) in [6.07, 6.45) is 3.48. The Morgan fingerprint density at radius 1 is 1.31 bits per heavy atom. The normalized spacial score (nSPS) is 9.50. The highest BCUT2D eigenvalue weighted by Crippen LogP contribution is 2.04. The summed E-state index contributed by atoms with van der Waals surface area (Å²) in [5.41, 5.74) is 0.897. The number of hydrogen-bond acceptors (Lipinski definition) is 2. The second-order valence-corrected chi connectivity index (χ2v) is 3.04. The van der Waals surface area contributed by atoms with Crippen molar-refractivity contribution >= 4 is 23.3 Å². The molecule has 1 rings (SSSR count). The maximum Gasteiger partial charge on any atom is 0.183 e. The molecule has 1 aromatic rings. The van der Waals surface area contributed by atoms with E-state index in [-0.39, 0.29) is 5.82 Å². The molecule has 0 radical (unpaired) electrons. The molecule has 0 atom stereocenters. The molecule has 0 heterocycles. The zero-order valence-corrected chi connectivity index (χ0v) is 10.7. The average molecular weight is 240 g/mol. The van der Waals surface area contributed by atoms with Gasteiger partial charge in [0, 0.05) is 0 Å². The lowest BCUT2D eigenvalue weighted by molar-refractivity contribution is 0.339. The molecule has 3 heteroatoms. The van der Waals surface area contributed by atoms with Gasteiger partial charge in [0.05, 0.1) is 6.61 Å². The van der Waals surface area contributed by atoms with Crippen molar-refractivity contribution in [2.45, 2.75) is 20.8 Å². The molecule has 0 saturated carbocycles. The molecular formula is C13H17FOS. The Balaban J connectivity index is 0.00000106. The molecule has 0 saturated heterocycles. The minimum atomic E-state index is -0.241. The minimum absolute atomic E-state index is 0.241. The number of halogens is 1. The summed E-state index contributed by atoms with van der Waals surface area (Å²) in [6, 6.07) is 6.17. The van der Waals surface area contributed by atoms with E-state index in [0.29, 0.717) is 11.7 Å². The summed E-state index contributed by atoms with van der Waals surface area (Å²) in [4.78, 5) is 0. The van der Waals surface area contributed by atoms with Crippen molar-refractivity contribution in [1.82, 2.24) is 0 Å². The van der Waals surface area contributed by atoms with Crippen molar-refractivity contribution < 1.29 is 9.13 Å². The first-order chi connectivity index (χ1) is 7.72. The molecule has 16 heavy (non-hydrogen) atoms. The van der Waals surface area contributed by atoms with E-state index in [0.717, 1.165) is 5.56 Å². The Bertz CT molecular complexity index is 330. The number of hydrogen-bond donors (Lipinski definition) is 0. The number of ether oxygens (including phenoxy) is 1. The van der Waals surface area contributed by atoms with Crippen LogP contribution < -0.4 is 0 Å². The standard InChI is InChI=1S/C11H11FOS.C2H6/c1-2-13-11(14)8-5-9-3-6-10(12)7-4-9;1-2/h3-8H,2H2,1H3;1-2H3. The van der Waals surface area contributed by atoms with Gasteiger partial charge >= 0.3 is 0 Å². The molecule has 0 aliphatic heterocycles. The highest BCUT2D eigenvalue weighted by molar-refractivity contribution is 7.80. The van der Waals surface area contributed by atoms with Gasteiger partial charge < -0.3 is 4.74 Å². The predicted molar refractivity (Wildman–Crippen MR) is 71.0 cm³/mol.